The molecule has 96 valence electrons. The fourth-order valence-corrected chi connectivity index (χ4v) is 2.36. The molecule has 0 saturated carbocycles. The van der Waals surface area contributed by atoms with Crippen LogP contribution in [0.4, 0.5) is 0 Å². The SMILES string of the molecule is CCC(C#N)N1CCCC(CNCC(=O)O)C1. The van der Waals surface area contributed by atoms with E-state index in [0.717, 1.165) is 38.9 Å². The smallest absolute Gasteiger partial charge is 0.317 e. The van der Waals surface area contributed by atoms with Crippen LogP contribution < -0.4 is 5.32 Å². The number of hydrogen-bond donors (Lipinski definition) is 2. The van der Waals surface area contributed by atoms with Gasteiger partial charge in [-0.2, -0.15) is 5.26 Å². The van der Waals surface area contributed by atoms with Gasteiger partial charge in [-0.05, 0) is 38.3 Å². The molecule has 0 aliphatic carbocycles. The average Bonchev–Trinajstić information content (AvgIpc) is 2.31. The lowest BCUT2D eigenvalue weighted by Crippen LogP contribution is -2.44. The van der Waals surface area contributed by atoms with Gasteiger partial charge >= 0.3 is 5.97 Å². The molecule has 5 nitrogen and oxygen atoms in total. The van der Waals surface area contributed by atoms with E-state index in [1.165, 1.54) is 0 Å². The van der Waals surface area contributed by atoms with E-state index in [1.54, 1.807) is 0 Å². The first-order chi connectivity index (χ1) is 8.17. The van der Waals surface area contributed by atoms with Gasteiger partial charge in [0.05, 0.1) is 18.7 Å². The molecule has 1 saturated heterocycles. The Kier molecular flexibility index (Phi) is 5.95. The molecule has 0 aromatic heterocycles. The molecule has 0 spiro atoms. The molecular weight excluding hydrogens is 218 g/mol. The number of carboxylic acids is 1. The Morgan fingerprint density at radius 2 is 2.47 bits per heavy atom. The van der Waals surface area contributed by atoms with Crippen LogP contribution in [-0.4, -0.2) is 48.2 Å². The molecule has 5 heteroatoms. The van der Waals surface area contributed by atoms with Crippen LogP contribution in [0.15, 0.2) is 0 Å². The molecule has 1 heterocycles. The third kappa shape index (κ3) is 4.72. The zero-order valence-electron chi connectivity index (χ0n) is 10.4. The molecule has 0 radical (unpaired) electrons. The minimum atomic E-state index is -0.818. The van der Waals surface area contributed by atoms with Gasteiger partial charge in [-0.15, -0.1) is 0 Å². The van der Waals surface area contributed by atoms with Crippen molar-refractivity contribution in [3.05, 3.63) is 0 Å². The number of carboxylic acid groups (broad SMARTS) is 1. The summed E-state index contributed by atoms with van der Waals surface area (Å²) in [5.41, 5.74) is 0. The van der Waals surface area contributed by atoms with Crippen LogP contribution in [0.25, 0.3) is 0 Å². The van der Waals surface area contributed by atoms with Crippen molar-refractivity contribution in [1.29, 1.82) is 5.26 Å². The summed E-state index contributed by atoms with van der Waals surface area (Å²) in [5.74, 6) is -0.355. The molecule has 1 rings (SSSR count). The Morgan fingerprint density at radius 3 is 3.06 bits per heavy atom. The Labute approximate surface area is 102 Å². The first-order valence-electron chi connectivity index (χ1n) is 6.23. The van der Waals surface area contributed by atoms with Gasteiger partial charge in [-0.1, -0.05) is 6.92 Å². The van der Waals surface area contributed by atoms with Crippen LogP contribution in [0.1, 0.15) is 26.2 Å². The third-order valence-electron chi connectivity index (χ3n) is 3.24. The number of nitrogens with one attached hydrogen (secondary N) is 1. The number of rotatable bonds is 6. The van der Waals surface area contributed by atoms with Crippen molar-refractivity contribution in [2.75, 3.05) is 26.2 Å². The van der Waals surface area contributed by atoms with Crippen molar-refractivity contribution < 1.29 is 9.90 Å². The molecular formula is C12H21N3O2. The molecule has 1 aliphatic rings. The third-order valence-corrected chi connectivity index (χ3v) is 3.24. The minimum Gasteiger partial charge on any atom is -0.480 e. The largest absolute Gasteiger partial charge is 0.480 e. The van der Waals surface area contributed by atoms with Crippen LogP contribution in [0, 0.1) is 17.2 Å². The van der Waals surface area contributed by atoms with E-state index in [1.807, 2.05) is 6.92 Å². The second-order valence-corrected chi connectivity index (χ2v) is 4.58. The highest BCUT2D eigenvalue weighted by molar-refractivity contribution is 5.68. The Morgan fingerprint density at radius 1 is 1.71 bits per heavy atom. The molecule has 2 N–H and O–H groups in total. The number of likely N-dealkylation sites (tertiary alicyclic amines) is 1. The van der Waals surface area contributed by atoms with Gasteiger partial charge in [0.2, 0.25) is 0 Å². The Hall–Kier alpha value is -1.12. The van der Waals surface area contributed by atoms with E-state index in [0.29, 0.717) is 5.92 Å². The number of nitrogens with zero attached hydrogens (tertiary/aromatic N) is 2. The molecule has 17 heavy (non-hydrogen) atoms. The van der Waals surface area contributed by atoms with Gasteiger partial charge in [-0.25, -0.2) is 0 Å². The maximum absolute atomic E-state index is 10.4. The van der Waals surface area contributed by atoms with Gasteiger partial charge in [0.25, 0.3) is 0 Å². The number of carbonyl (C=O) groups is 1. The highest BCUT2D eigenvalue weighted by Crippen LogP contribution is 2.18. The van der Waals surface area contributed by atoms with Crippen molar-refractivity contribution in [3.8, 4) is 6.07 Å². The van der Waals surface area contributed by atoms with Crippen LogP contribution in [0.2, 0.25) is 0 Å². The molecule has 1 fully saturated rings. The first-order valence-corrected chi connectivity index (χ1v) is 6.23. The lowest BCUT2D eigenvalue weighted by atomic mass is 9.96. The van der Waals surface area contributed by atoms with Gasteiger partial charge < -0.3 is 10.4 Å². The molecule has 2 unspecified atom stereocenters. The van der Waals surface area contributed by atoms with Gasteiger partial charge in [0.1, 0.15) is 0 Å². The summed E-state index contributed by atoms with van der Waals surface area (Å²) in [6, 6.07) is 2.34. The lowest BCUT2D eigenvalue weighted by Gasteiger charge is -2.35. The minimum absolute atomic E-state index is 0.0114. The van der Waals surface area contributed by atoms with Crippen LogP contribution in [-0.2, 0) is 4.79 Å². The van der Waals surface area contributed by atoms with Gasteiger partial charge in [-0.3, -0.25) is 9.69 Å². The second-order valence-electron chi connectivity index (χ2n) is 4.58. The number of piperidine rings is 1. The number of aliphatic carboxylic acids is 1. The van der Waals surface area contributed by atoms with E-state index >= 15 is 0 Å². The van der Waals surface area contributed by atoms with Crippen molar-refractivity contribution in [2.45, 2.75) is 32.2 Å². The molecule has 0 bridgehead atoms. The predicted molar refractivity (Wildman–Crippen MR) is 64.5 cm³/mol. The summed E-state index contributed by atoms with van der Waals surface area (Å²) in [6.07, 6.45) is 3.06. The molecule has 1 aliphatic heterocycles. The monoisotopic (exact) mass is 239 g/mol. The zero-order chi connectivity index (χ0) is 12.7. The summed E-state index contributed by atoms with van der Waals surface area (Å²) >= 11 is 0. The summed E-state index contributed by atoms with van der Waals surface area (Å²) < 4.78 is 0. The van der Waals surface area contributed by atoms with E-state index in [4.69, 9.17) is 10.4 Å². The van der Waals surface area contributed by atoms with E-state index in [9.17, 15) is 4.79 Å². The summed E-state index contributed by atoms with van der Waals surface area (Å²) in [4.78, 5) is 12.6. The highest BCUT2D eigenvalue weighted by Gasteiger charge is 2.24. The van der Waals surface area contributed by atoms with Gasteiger partial charge in [0, 0.05) is 6.54 Å². The standard InChI is InChI=1S/C12H21N3O2/c1-2-11(6-13)15-5-3-4-10(9-15)7-14-8-12(16)17/h10-11,14H,2-5,7-9H2,1H3,(H,16,17). The van der Waals surface area contributed by atoms with Crippen molar-refractivity contribution in [2.24, 2.45) is 5.92 Å². The zero-order valence-corrected chi connectivity index (χ0v) is 10.4. The van der Waals surface area contributed by atoms with Crippen LogP contribution in [0.5, 0.6) is 0 Å². The molecule has 0 aromatic carbocycles. The highest BCUT2D eigenvalue weighted by atomic mass is 16.4. The maximum atomic E-state index is 10.4. The lowest BCUT2D eigenvalue weighted by molar-refractivity contribution is -0.136. The number of hydrogen-bond acceptors (Lipinski definition) is 4. The summed E-state index contributed by atoms with van der Waals surface area (Å²) in [5, 5.41) is 20.5. The van der Waals surface area contributed by atoms with Crippen molar-refractivity contribution >= 4 is 5.97 Å². The Bertz CT molecular complexity index is 288. The summed E-state index contributed by atoms with van der Waals surface area (Å²) in [7, 11) is 0. The van der Waals surface area contributed by atoms with Crippen LogP contribution >= 0.6 is 0 Å². The van der Waals surface area contributed by atoms with E-state index in [-0.39, 0.29) is 12.6 Å². The van der Waals surface area contributed by atoms with E-state index < -0.39 is 5.97 Å². The molecule has 0 amide bonds. The van der Waals surface area contributed by atoms with Gasteiger partial charge in [0.15, 0.2) is 0 Å². The summed E-state index contributed by atoms with van der Waals surface area (Å²) in [6.45, 7) is 4.66. The number of nitriles is 1. The molecule has 0 aromatic rings. The second kappa shape index (κ2) is 7.25. The quantitative estimate of drug-likeness (QED) is 0.712. The average molecular weight is 239 g/mol. The first kappa shape index (κ1) is 13.9. The van der Waals surface area contributed by atoms with Crippen LogP contribution in [0.3, 0.4) is 0 Å². The topological polar surface area (TPSA) is 76.4 Å². The maximum Gasteiger partial charge on any atom is 0.317 e. The van der Waals surface area contributed by atoms with E-state index in [2.05, 4.69) is 16.3 Å². The van der Waals surface area contributed by atoms with Crippen molar-refractivity contribution in [1.82, 2.24) is 10.2 Å². The fourth-order valence-electron chi connectivity index (χ4n) is 2.36. The fraction of sp³-hybridized carbons (Fsp3) is 0.833. The Balaban J connectivity index is 2.33. The van der Waals surface area contributed by atoms with Crippen molar-refractivity contribution in [3.63, 3.8) is 0 Å². The normalized spacial score (nSPS) is 22.9. The predicted octanol–water partition coefficient (Wildman–Crippen LogP) is 0.675. The molecule has 2 atom stereocenters.